The minimum atomic E-state index is 0.638. The summed E-state index contributed by atoms with van der Waals surface area (Å²) in [6.45, 7) is 1.92. The van der Waals surface area contributed by atoms with Gasteiger partial charge in [0.2, 0.25) is 0 Å². The fourth-order valence-corrected chi connectivity index (χ4v) is 1.44. The van der Waals surface area contributed by atoms with Crippen LogP contribution in [0, 0.1) is 6.92 Å². The monoisotopic (exact) mass is 203 g/mol. The van der Waals surface area contributed by atoms with Crippen molar-refractivity contribution in [3.8, 4) is 11.4 Å². The molecule has 0 aliphatic rings. The van der Waals surface area contributed by atoms with Crippen LogP contribution in [-0.2, 0) is 0 Å². The molecule has 0 spiro atoms. The summed E-state index contributed by atoms with van der Waals surface area (Å²) in [5.41, 5.74) is 7.71. The first-order valence-electron chi connectivity index (χ1n) is 4.67. The SMILES string of the molecule is COc1ccccc1-n1ncc(C)c1N. The van der Waals surface area contributed by atoms with Gasteiger partial charge in [-0.05, 0) is 19.1 Å². The van der Waals surface area contributed by atoms with Crippen molar-refractivity contribution in [2.24, 2.45) is 0 Å². The predicted octanol–water partition coefficient (Wildman–Crippen LogP) is 1.77. The number of benzene rings is 1. The molecular formula is C11H13N3O. The zero-order valence-electron chi connectivity index (χ0n) is 8.77. The van der Waals surface area contributed by atoms with Crippen molar-refractivity contribution >= 4 is 5.82 Å². The average Bonchev–Trinajstić information content (AvgIpc) is 2.60. The summed E-state index contributed by atoms with van der Waals surface area (Å²) < 4.78 is 6.92. The highest BCUT2D eigenvalue weighted by molar-refractivity contribution is 5.52. The van der Waals surface area contributed by atoms with Gasteiger partial charge in [-0.1, -0.05) is 12.1 Å². The van der Waals surface area contributed by atoms with Gasteiger partial charge in [-0.2, -0.15) is 5.10 Å². The third kappa shape index (κ3) is 1.54. The number of methoxy groups -OCH3 is 1. The molecule has 0 saturated carbocycles. The molecule has 0 aliphatic carbocycles. The first-order valence-corrected chi connectivity index (χ1v) is 4.67. The lowest BCUT2D eigenvalue weighted by atomic mass is 10.3. The number of aromatic nitrogens is 2. The molecule has 0 radical (unpaired) electrons. The van der Waals surface area contributed by atoms with E-state index in [1.54, 1.807) is 18.0 Å². The lowest BCUT2D eigenvalue weighted by Crippen LogP contribution is -2.04. The standard InChI is InChI=1S/C11H13N3O/c1-8-7-13-14(11(8)12)9-5-3-4-6-10(9)15-2/h3-7H,12H2,1-2H3. The Labute approximate surface area is 88.3 Å². The van der Waals surface area contributed by atoms with Gasteiger partial charge >= 0.3 is 0 Å². The average molecular weight is 203 g/mol. The molecule has 4 nitrogen and oxygen atoms in total. The highest BCUT2D eigenvalue weighted by Crippen LogP contribution is 2.24. The van der Waals surface area contributed by atoms with Crippen molar-refractivity contribution in [1.82, 2.24) is 9.78 Å². The first kappa shape index (κ1) is 9.58. The van der Waals surface area contributed by atoms with Crippen LogP contribution in [0.4, 0.5) is 5.82 Å². The van der Waals surface area contributed by atoms with Gasteiger partial charge in [-0.25, -0.2) is 4.68 Å². The highest BCUT2D eigenvalue weighted by atomic mass is 16.5. The van der Waals surface area contributed by atoms with E-state index in [0.717, 1.165) is 17.0 Å². The Morgan fingerprint density at radius 1 is 1.33 bits per heavy atom. The van der Waals surface area contributed by atoms with Gasteiger partial charge in [0, 0.05) is 5.56 Å². The third-order valence-electron chi connectivity index (χ3n) is 2.31. The number of hydrogen-bond acceptors (Lipinski definition) is 3. The second-order valence-corrected chi connectivity index (χ2v) is 3.30. The van der Waals surface area contributed by atoms with Gasteiger partial charge in [0.15, 0.2) is 0 Å². The Bertz CT molecular complexity index is 476. The molecule has 2 aromatic rings. The number of para-hydroxylation sites is 2. The minimum absolute atomic E-state index is 0.638. The lowest BCUT2D eigenvalue weighted by molar-refractivity contribution is 0.412. The van der Waals surface area contributed by atoms with E-state index in [1.807, 2.05) is 31.2 Å². The van der Waals surface area contributed by atoms with E-state index < -0.39 is 0 Å². The van der Waals surface area contributed by atoms with E-state index in [4.69, 9.17) is 10.5 Å². The predicted molar refractivity (Wildman–Crippen MR) is 59.3 cm³/mol. The molecule has 1 aromatic carbocycles. The van der Waals surface area contributed by atoms with E-state index in [-0.39, 0.29) is 0 Å². The molecule has 0 aliphatic heterocycles. The Morgan fingerprint density at radius 2 is 2.07 bits per heavy atom. The van der Waals surface area contributed by atoms with Gasteiger partial charge < -0.3 is 10.5 Å². The van der Waals surface area contributed by atoms with Crippen LogP contribution in [-0.4, -0.2) is 16.9 Å². The smallest absolute Gasteiger partial charge is 0.144 e. The molecule has 1 heterocycles. The normalized spacial score (nSPS) is 10.3. The zero-order chi connectivity index (χ0) is 10.8. The quantitative estimate of drug-likeness (QED) is 0.809. The Morgan fingerprint density at radius 3 is 2.67 bits per heavy atom. The Hall–Kier alpha value is -1.97. The summed E-state index contributed by atoms with van der Waals surface area (Å²) in [4.78, 5) is 0. The number of nitrogens with two attached hydrogens (primary N) is 1. The zero-order valence-corrected chi connectivity index (χ0v) is 8.77. The largest absolute Gasteiger partial charge is 0.494 e. The van der Waals surface area contributed by atoms with Crippen LogP contribution in [0.1, 0.15) is 5.56 Å². The number of nitrogen functional groups attached to an aromatic ring is 1. The van der Waals surface area contributed by atoms with Crippen LogP contribution in [0.5, 0.6) is 5.75 Å². The molecule has 1 aromatic heterocycles. The number of aryl methyl sites for hydroxylation is 1. The molecule has 78 valence electrons. The number of nitrogens with zero attached hydrogens (tertiary/aromatic N) is 2. The van der Waals surface area contributed by atoms with Crippen molar-refractivity contribution in [2.45, 2.75) is 6.92 Å². The van der Waals surface area contributed by atoms with E-state index in [2.05, 4.69) is 5.10 Å². The minimum Gasteiger partial charge on any atom is -0.494 e. The van der Waals surface area contributed by atoms with E-state index in [9.17, 15) is 0 Å². The lowest BCUT2D eigenvalue weighted by Gasteiger charge is -2.09. The maximum Gasteiger partial charge on any atom is 0.144 e. The Kier molecular flexibility index (Phi) is 2.33. The van der Waals surface area contributed by atoms with Crippen molar-refractivity contribution < 1.29 is 4.74 Å². The van der Waals surface area contributed by atoms with Gasteiger partial charge in [0.05, 0.1) is 13.3 Å². The van der Waals surface area contributed by atoms with Crippen LogP contribution < -0.4 is 10.5 Å². The van der Waals surface area contributed by atoms with Crippen LogP contribution in [0.2, 0.25) is 0 Å². The summed E-state index contributed by atoms with van der Waals surface area (Å²) in [5, 5.41) is 4.21. The number of ether oxygens (including phenoxy) is 1. The maximum atomic E-state index is 5.90. The molecule has 4 heteroatoms. The van der Waals surface area contributed by atoms with Gasteiger partial charge in [-0.15, -0.1) is 0 Å². The van der Waals surface area contributed by atoms with Gasteiger partial charge in [-0.3, -0.25) is 0 Å². The summed E-state index contributed by atoms with van der Waals surface area (Å²) in [6.07, 6.45) is 1.74. The van der Waals surface area contributed by atoms with Crippen LogP contribution in [0.25, 0.3) is 5.69 Å². The molecule has 0 bridgehead atoms. The van der Waals surface area contributed by atoms with E-state index in [1.165, 1.54) is 0 Å². The molecule has 2 N–H and O–H groups in total. The van der Waals surface area contributed by atoms with E-state index >= 15 is 0 Å². The highest BCUT2D eigenvalue weighted by Gasteiger charge is 2.09. The van der Waals surface area contributed by atoms with Gasteiger partial charge in [0.1, 0.15) is 17.3 Å². The number of hydrogen-bond donors (Lipinski definition) is 1. The molecule has 2 rings (SSSR count). The molecule has 0 saturated heterocycles. The molecule has 0 atom stereocenters. The third-order valence-corrected chi connectivity index (χ3v) is 2.31. The summed E-state index contributed by atoms with van der Waals surface area (Å²) in [7, 11) is 1.63. The van der Waals surface area contributed by atoms with Crippen molar-refractivity contribution in [2.75, 3.05) is 12.8 Å². The van der Waals surface area contributed by atoms with Crippen molar-refractivity contribution in [3.63, 3.8) is 0 Å². The second kappa shape index (κ2) is 3.65. The van der Waals surface area contributed by atoms with Crippen molar-refractivity contribution in [1.29, 1.82) is 0 Å². The summed E-state index contributed by atoms with van der Waals surface area (Å²) >= 11 is 0. The fraction of sp³-hybridized carbons (Fsp3) is 0.182. The summed E-state index contributed by atoms with van der Waals surface area (Å²) in [5.74, 6) is 1.40. The molecule has 0 amide bonds. The second-order valence-electron chi connectivity index (χ2n) is 3.30. The first-order chi connectivity index (χ1) is 7.24. The topological polar surface area (TPSA) is 53.1 Å². The molecule has 0 unspecified atom stereocenters. The van der Waals surface area contributed by atoms with Crippen LogP contribution in [0.15, 0.2) is 30.5 Å². The summed E-state index contributed by atoms with van der Waals surface area (Å²) in [6, 6.07) is 7.64. The van der Waals surface area contributed by atoms with Crippen LogP contribution >= 0.6 is 0 Å². The molecular weight excluding hydrogens is 190 g/mol. The number of anilines is 1. The molecule has 15 heavy (non-hydrogen) atoms. The molecule has 0 fully saturated rings. The van der Waals surface area contributed by atoms with Crippen LogP contribution in [0.3, 0.4) is 0 Å². The van der Waals surface area contributed by atoms with E-state index in [0.29, 0.717) is 5.82 Å². The number of rotatable bonds is 2. The van der Waals surface area contributed by atoms with Gasteiger partial charge in [0.25, 0.3) is 0 Å². The Balaban J connectivity index is 2.58. The van der Waals surface area contributed by atoms with Crippen molar-refractivity contribution in [3.05, 3.63) is 36.0 Å². The fourth-order valence-electron chi connectivity index (χ4n) is 1.44. The maximum absolute atomic E-state index is 5.90.